The van der Waals surface area contributed by atoms with Gasteiger partial charge < -0.3 is 4.90 Å². The Morgan fingerprint density at radius 2 is 1.90 bits per heavy atom. The highest BCUT2D eigenvalue weighted by atomic mass is 35.5. The molecule has 0 bridgehead atoms. The van der Waals surface area contributed by atoms with E-state index in [4.69, 9.17) is 11.6 Å². The van der Waals surface area contributed by atoms with Gasteiger partial charge in [-0.3, -0.25) is 0 Å². The maximum Gasteiger partial charge on any atom is 0.262 e. The van der Waals surface area contributed by atoms with Crippen molar-refractivity contribution in [3.63, 3.8) is 0 Å². The van der Waals surface area contributed by atoms with Crippen molar-refractivity contribution in [1.82, 2.24) is 0 Å². The quantitative estimate of drug-likeness (QED) is 0.221. The van der Waals surface area contributed by atoms with Crippen LogP contribution in [0.5, 0.6) is 0 Å². The summed E-state index contributed by atoms with van der Waals surface area (Å²) in [7, 11) is 0. The topological polar surface area (TPSA) is 7.12 Å². The average molecular weight is 570 g/mol. The van der Waals surface area contributed by atoms with E-state index in [1.165, 1.54) is 52.8 Å². The minimum Gasteiger partial charge on any atom is -0.335 e. The van der Waals surface area contributed by atoms with E-state index >= 15 is 0 Å². The first-order valence-electron chi connectivity index (χ1n) is 13.7. The van der Waals surface area contributed by atoms with E-state index in [9.17, 15) is 0 Å². The van der Waals surface area contributed by atoms with Gasteiger partial charge in [-0.15, -0.1) is 0 Å². The van der Waals surface area contributed by atoms with Crippen molar-refractivity contribution in [2.24, 2.45) is 5.41 Å². The molecule has 3 aromatic carbocycles. The molecule has 2 nitrogen and oxygen atoms in total. The molecule has 39 heavy (non-hydrogen) atoms. The normalized spacial score (nSPS) is 19.1. The summed E-state index contributed by atoms with van der Waals surface area (Å²) in [6.45, 7) is 11.1. The number of benzene rings is 3. The summed E-state index contributed by atoms with van der Waals surface area (Å²) < 4.78 is 3.79. The molecule has 0 atom stereocenters. The van der Waals surface area contributed by atoms with Gasteiger partial charge in [0, 0.05) is 22.5 Å². The first-order chi connectivity index (χ1) is 18.8. The van der Waals surface area contributed by atoms with Crippen molar-refractivity contribution in [2.45, 2.75) is 52.0 Å². The van der Waals surface area contributed by atoms with E-state index in [2.05, 4.69) is 116 Å². The summed E-state index contributed by atoms with van der Waals surface area (Å²) in [6, 6.07) is 19.4. The maximum absolute atomic E-state index is 6.29. The van der Waals surface area contributed by atoms with Crippen LogP contribution in [-0.4, -0.2) is 6.54 Å². The van der Waals surface area contributed by atoms with Crippen molar-refractivity contribution < 1.29 is 4.57 Å². The zero-order chi connectivity index (χ0) is 27.1. The number of fused-ring (bicyclic) bond motifs is 4. The Morgan fingerprint density at radius 1 is 1.05 bits per heavy atom. The molecule has 1 aliphatic carbocycles. The first kappa shape index (κ1) is 26.4. The number of anilines is 1. The fourth-order valence-electron chi connectivity index (χ4n) is 5.94. The van der Waals surface area contributed by atoms with Crippen LogP contribution in [-0.2, 0) is 6.54 Å². The summed E-state index contributed by atoms with van der Waals surface area (Å²) in [5.74, 6) is 0. The van der Waals surface area contributed by atoms with E-state index in [-0.39, 0.29) is 5.41 Å². The Bertz CT molecular complexity index is 1700. The molecule has 0 unspecified atom stereocenters. The van der Waals surface area contributed by atoms with Gasteiger partial charge in [0.2, 0.25) is 5.52 Å². The molecular weight excluding hydrogens is 536 g/mol. The van der Waals surface area contributed by atoms with Crippen LogP contribution in [0.2, 0.25) is 5.02 Å². The van der Waals surface area contributed by atoms with Gasteiger partial charge >= 0.3 is 0 Å². The third-order valence-corrected chi connectivity index (χ3v) is 9.98. The maximum atomic E-state index is 6.29. The van der Waals surface area contributed by atoms with Crippen molar-refractivity contribution in [3.05, 3.63) is 105 Å². The summed E-state index contributed by atoms with van der Waals surface area (Å²) in [5.41, 5.74) is 5.60. The molecular formula is C34H34ClN2S2+. The lowest BCUT2D eigenvalue weighted by Gasteiger charge is -2.31. The van der Waals surface area contributed by atoms with E-state index in [1.807, 2.05) is 29.2 Å². The van der Waals surface area contributed by atoms with Gasteiger partial charge in [-0.05, 0) is 85.0 Å². The monoisotopic (exact) mass is 569 g/mol. The summed E-state index contributed by atoms with van der Waals surface area (Å²) in [6.07, 6.45) is 13.8. The third kappa shape index (κ3) is 5.23. The number of hydrogen-bond donors (Lipinski definition) is 0. The van der Waals surface area contributed by atoms with Crippen LogP contribution in [0.15, 0.2) is 100.0 Å². The molecule has 6 rings (SSSR count). The second-order valence-corrected chi connectivity index (χ2v) is 13.7. The number of hydrogen-bond acceptors (Lipinski definition) is 3. The van der Waals surface area contributed by atoms with Gasteiger partial charge in [0.15, 0.2) is 0 Å². The molecule has 2 aliphatic rings. The molecule has 5 heteroatoms. The Morgan fingerprint density at radius 3 is 2.72 bits per heavy atom. The van der Waals surface area contributed by atoms with Crippen LogP contribution in [0.3, 0.4) is 0 Å². The van der Waals surface area contributed by atoms with Crippen LogP contribution >= 0.6 is 34.7 Å². The third-order valence-electron chi connectivity index (χ3n) is 7.53. The summed E-state index contributed by atoms with van der Waals surface area (Å²) >= 11 is 9.99. The van der Waals surface area contributed by atoms with Crippen LogP contribution in [0, 0.1) is 5.41 Å². The van der Waals surface area contributed by atoms with Crippen molar-refractivity contribution >= 4 is 67.5 Å². The molecule has 0 spiro atoms. The highest BCUT2D eigenvalue weighted by Crippen LogP contribution is 2.48. The number of rotatable bonds is 5. The Labute approximate surface area is 245 Å². The van der Waals surface area contributed by atoms with Gasteiger partial charge in [0.25, 0.3) is 5.01 Å². The lowest BCUT2D eigenvalue weighted by Crippen LogP contribution is -2.33. The Balaban J connectivity index is 1.32. The fourth-order valence-corrected chi connectivity index (χ4v) is 8.58. The molecule has 1 aromatic heterocycles. The van der Waals surface area contributed by atoms with Gasteiger partial charge in [-0.2, -0.15) is 4.57 Å². The molecule has 0 saturated carbocycles. The van der Waals surface area contributed by atoms with Crippen LogP contribution in [0.4, 0.5) is 5.69 Å². The zero-order valence-electron chi connectivity index (χ0n) is 23.0. The molecule has 0 amide bonds. The fraction of sp³-hybridized carbons (Fsp3) is 0.265. The van der Waals surface area contributed by atoms with Crippen molar-refractivity contribution in [1.29, 1.82) is 0 Å². The summed E-state index contributed by atoms with van der Waals surface area (Å²) in [4.78, 5) is 3.64. The molecule has 0 radical (unpaired) electrons. The minimum absolute atomic E-state index is 0.219. The highest BCUT2D eigenvalue weighted by molar-refractivity contribution is 8.03. The number of aryl methyl sites for hydroxylation is 1. The molecule has 0 N–H and O–H groups in total. The lowest BCUT2D eigenvalue weighted by atomic mass is 9.75. The molecule has 198 valence electrons. The van der Waals surface area contributed by atoms with Crippen LogP contribution in [0.1, 0.15) is 45.5 Å². The largest absolute Gasteiger partial charge is 0.335 e. The van der Waals surface area contributed by atoms with E-state index in [0.717, 1.165) is 31.0 Å². The Hall–Kier alpha value is -2.79. The molecule has 2 heterocycles. The van der Waals surface area contributed by atoms with E-state index in [0.29, 0.717) is 0 Å². The standard InChI is InChI=1S/C34H34ClN2S2/c1-5-36-28-16-15-26(35)20-30(28)39-32(36)19-24-18-23(21-34(3,4)22-24)10-9-13-31-37(6-2)33-27-12-8-7-11-25(27)14-17-29(33)38-31/h7-20H,5-6,21-22H2,1-4H3/q+1. The highest BCUT2D eigenvalue weighted by Gasteiger charge is 2.28. The van der Waals surface area contributed by atoms with Crippen LogP contribution in [0.25, 0.3) is 27.1 Å². The number of halogens is 1. The lowest BCUT2D eigenvalue weighted by molar-refractivity contribution is -0.664. The SMILES string of the molecule is CCN1/C(=C\C2=CC(=C/C=C/c3sc4ccc5ccccc5c4[n+]3CC)/CC(C)(C)C2)Sc2cc(Cl)ccc21. The van der Waals surface area contributed by atoms with Gasteiger partial charge in [-0.1, -0.05) is 91.0 Å². The van der Waals surface area contributed by atoms with Crippen LogP contribution < -0.4 is 9.47 Å². The Kier molecular flexibility index (Phi) is 7.22. The number of thiazole rings is 1. The van der Waals surface area contributed by atoms with Gasteiger partial charge in [0.1, 0.15) is 11.2 Å². The van der Waals surface area contributed by atoms with E-state index < -0.39 is 0 Å². The molecule has 0 fully saturated rings. The van der Waals surface area contributed by atoms with Gasteiger partial charge in [0.05, 0.1) is 16.1 Å². The predicted octanol–water partition coefficient (Wildman–Crippen LogP) is 10.2. The smallest absolute Gasteiger partial charge is 0.262 e. The predicted molar refractivity (Wildman–Crippen MR) is 172 cm³/mol. The number of nitrogens with zero attached hydrogens (tertiary/aromatic N) is 2. The average Bonchev–Trinajstić information content (AvgIpc) is 3.44. The second-order valence-electron chi connectivity index (χ2n) is 11.1. The summed E-state index contributed by atoms with van der Waals surface area (Å²) in [5, 5.41) is 6.00. The molecule has 1 aliphatic heterocycles. The zero-order valence-corrected chi connectivity index (χ0v) is 25.4. The second kappa shape index (κ2) is 10.6. The van der Waals surface area contributed by atoms with E-state index in [1.54, 1.807) is 0 Å². The van der Waals surface area contributed by atoms with Crippen molar-refractivity contribution in [3.8, 4) is 0 Å². The number of aromatic nitrogens is 1. The number of thioether (sulfide) groups is 1. The van der Waals surface area contributed by atoms with Crippen molar-refractivity contribution in [2.75, 3.05) is 11.4 Å². The number of allylic oxidation sites excluding steroid dienone is 6. The first-order valence-corrected chi connectivity index (χ1v) is 15.7. The minimum atomic E-state index is 0.219. The molecule has 4 aromatic rings. The van der Waals surface area contributed by atoms with Gasteiger partial charge in [-0.25, -0.2) is 0 Å². The molecule has 0 saturated heterocycles.